The van der Waals surface area contributed by atoms with Crippen molar-refractivity contribution < 1.29 is 37.7 Å². The molecule has 0 aromatic heterocycles. The summed E-state index contributed by atoms with van der Waals surface area (Å²) in [5.41, 5.74) is -0.0686. The van der Waals surface area contributed by atoms with Gasteiger partial charge in [-0.3, -0.25) is 4.79 Å². The fraction of sp³-hybridized carbons (Fsp3) is 0.750. The topological polar surface area (TPSA) is 86.8 Å². The number of nitrogens with zero attached hydrogens (tertiary/aromatic N) is 2. The van der Waals surface area contributed by atoms with E-state index in [1.165, 1.54) is 19.1 Å². The molecule has 2 heterocycles. The molecule has 3 rings (SSSR count). The summed E-state index contributed by atoms with van der Waals surface area (Å²) in [6.45, 7) is 16.6. The van der Waals surface area contributed by atoms with E-state index in [9.17, 15) is 14.0 Å². The highest BCUT2D eigenvalue weighted by atomic mass is 19.1. The molecule has 0 spiro atoms. The number of methoxy groups -OCH3 is 1. The molecular weight excluding hydrogens is 543 g/mol. The van der Waals surface area contributed by atoms with E-state index in [4.69, 9.17) is 23.7 Å². The fourth-order valence-electron chi connectivity index (χ4n) is 5.80. The van der Waals surface area contributed by atoms with Gasteiger partial charge in [0.05, 0.1) is 12.6 Å². The van der Waals surface area contributed by atoms with Crippen LogP contribution < -0.4 is 0 Å². The average molecular weight is 595 g/mol. The number of carbonyl (C=O) groups excluding carboxylic acids is 2. The number of amides is 2. The largest absolute Gasteiger partial charge is 0.444 e. The zero-order chi connectivity index (χ0) is 31.2. The minimum Gasteiger partial charge on any atom is -0.444 e. The molecule has 238 valence electrons. The van der Waals surface area contributed by atoms with Gasteiger partial charge in [-0.2, -0.15) is 0 Å². The summed E-state index contributed by atoms with van der Waals surface area (Å²) in [7, 11) is 1.60. The van der Waals surface area contributed by atoms with Gasteiger partial charge < -0.3 is 33.5 Å². The predicted molar refractivity (Wildman–Crippen MR) is 157 cm³/mol. The molecule has 2 aliphatic rings. The highest BCUT2D eigenvalue weighted by Crippen LogP contribution is 2.37. The van der Waals surface area contributed by atoms with Crippen LogP contribution in [-0.2, 0) is 28.5 Å². The molecule has 1 aromatic carbocycles. The lowest BCUT2D eigenvalue weighted by Crippen LogP contribution is -2.51. The zero-order valence-corrected chi connectivity index (χ0v) is 26.9. The molecule has 0 N–H and O–H groups in total. The molecule has 1 aromatic rings. The van der Waals surface area contributed by atoms with Gasteiger partial charge in [-0.1, -0.05) is 26.0 Å². The Morgan fingerprint density at radius 2 is 1.83 bits per heavy atom. The molecule has 0 radical (unpaired) electrons. The molecule has 0 unspecified atom stereocenters. The van der Waals surface area contributed by atoms with E-state index in [0.717, 1.165) is 0 Å². The minimum absolute atomic E-state index is 0.0165. The number of carbonyl (C=O) groups is 2. The van der Waals surface area contributed by atoms with Crippen molar-refractivity contribution in [2.45, 2.75) is 104 Å². The van der Waals surface area contributed by atoms with Crippen LogP contribution in [0.2, 0.25) is 0 Å². The maximum absolute atomic E-state index is 14.7. The lowest BCUT2D eigenvalue weighted by atomic mass is 9.82. The Morgan fingerprint density at radius 3 is 2.43 bits per heavy atom. The van der Waals surface area contributed by atoms with Crippen molar-refractivity contribution in [3.05, 3.63) is 35.6 Å². The van der Waals surface area contributed by atoms with E-state index in [-0.39, 0.29) is 30.4 Å². The van der Waals surface area contributed by atoms with Crippen LogP contribution in [0.5, 0.6) is 0 Å². The monoisotopic (exact) mass is 594 g/mol. The summed E-state index contributed by atoms with van der Waals surface area (Å²) < 4.78 is 44.9. The van der Waals surface area contributed by atoms with E-state index in [2.05, 4.69) is 13.8 Å². The van der Waals surface area contributed by atoms with E-state index >= 15 is 0 Å². The number of benzene rings is 1. The Hall–Kier alpha value is -2.27. The predicted octanol–water partition coefficient (Wildman–Crippen LogP) is 5.57. The molecule has 2 aliphatic heterocycles. The van der Waals surface area contributed by atoms with Crippen LogP contribution >= 0.6 is 0 Å². The number of halogens is 1. The van der Waals surface area contributed by atoms with Crippen LogP contribution in [-0.4, -0.2) is 91.5 Å². The van der Waals surface area contributed by atoms with Crippen LogP contribution in [0.25, 0.3) is 0 Å². The molecule has 10 heteroatoms. The van der Waals surface area contributed by atoms with Crippen LogP contribution in [0.15, 0.2) is 24.3 Å². The van der Waals surface area contributed by atoms with Gasteiger partial charge in [-0.05, 0) is 71.1 Å². The van der Waals surface area contributed by atoms with Gasteiger partial charge in [0.25, 0.3) is 0 Å². The second-order valence-electron chi connectivity index (χ2n) is 13.2. The van der Waals surface area contributed by atoms with Gasteiger partial charge in [-0.15, -0.1) is 0 Å². The molecule has 5 atom stereocenters. The van der Waals surface area contributed by atoms with Gasteiger partial charge >= 0.3 is 6.09 Å². The number of ether oxygens (including phenoxy) is 5. The second kappa shape index (κ2) is 14.5. The second-order valence-corrected chi connectivity index (χ2v) is 13.2. The summed E-state index contributed by atoms with van der Waals surface area (Å²) in [4.78, 5) is 30.4. The van der Waals surface area contributed by atoms with Crippen molar-refractivity contribution in [1.29, 1.82) is 0 Å². The van der Waals surface area contributed by atoms with E-state index < -0.39 is 41.5 Å². The Labute approximate surface area is 250 Å². The molecule has 0 aliphatic carbocycles. The molecule has 42 heavy (non-hydrogen) atoms. The lowest BCUT2D eigenvalue weighted by molar-refractivity contribution is -0.161. The van der Waals surface area contributed by atoms with Crippen molar-refractivity contribution in [3.63, 3.8) is 0 Å². The van der Waals surface area contributed by atoms with Gasteiger partial charge in [0.2, 0.25) is 5.91 Å². The van der Waals surface area contributed by atoms with Gasteiger partial charge in [0.15, 0.2) is 5.79 Å². The first-order chi connectivity index (χ1) is 19.6. The SMILES string of the molecule is CO[C@@H]1CN(C(C)=O)C[C@H](C(C)C)[C@@H](c2cccc(F)c2)N(C(=O)OC(C)(C)C)CCCCOC[C@H]2OC(C)(C)O[C@@H]12. The summed E-state index contributed by atoms with van der Waals surface area (Å²) in [5, 5.41) is 0. The number of hydrogen-bond donors (Lipinski definition) is 0. The average Bonchev–Trinajstić information content (AvgIpc) is 3.18. The Morgan fingerprint density at radius 1 is 1.12 bits per heavy atom. The Kier molecular flexibility index (Phi) is 11.8. The molecule has 0 saturated carbocycles. The number of hydrogen-bond acceptors (Lipinski definition) is 7. The van der Waals surface area contributed by atoms with Gasteiger partial charge in [0.1, 0.15) is 29.7 Å². The Balaban J connectivity index is 2.10. The number of rotatable bonds is 3. The van der Waals surface area contributed by atoms with Crippen molar-refractivity contribution in [1.82, 2.24) is 9.80 Å². The van der Waals surface area contributed by atoms with Crippen LogP contribution in [0.4, 0.5) is 9.18 Å². The van der Waals surface area contributed by atoms with Gasteiger partial charge in [-0.25, -0.2) is 9.18 Å². The van der Waals surface area contributed by atoms with Crippen LogP contribution in [0, 0.1) is 17.7 Å². The molecule has 9 nitrogen and oxygen atoms in total. The molecule has 2 saturated heterocycles. The van der Waals surface area contributed by atoms with E-state index in [1.807, 2.05) is 40.7 Å². The number of fused-ring (bicyclic) bond motifs is 1. The molecular formula is C32H51FN2O7. The Bertz CT molecular complexity index is 1040. The molecule has 0 bridgehead atoms. The third-order valence-electron chi connectivity index (χ3n) is 7.80. The third kappa shape index (κ3) is 9.36. The third-order valence-corrected chi connectivity index (χ3v) is 7.80. The first-order valence-electron chi connectivity index (χ1n) is 15.1. The van der Waals surface area contributed by atoms with Crippen molar-refractivity contribution in [3.8, 4) is 0 Å². The highest BCUT2D eigenvalue weighted by molar-refractivity contribution is 5.73. The van der Waals surface area contributed by atoms with Crippen molar-refractivity contribution in [2.24, 2.45) is 11.8 Å². The first-order valence-corrected chi connectivity index (χ1v) is 15.1. The summed E-state index contributed by atoms with van der Waals surface area (Å²) in [6.07, 6.45) is -0.456. The fourth-order valence-corrected chi connectivity index (χ4v) is 5.80. The molecule has 2 fully saturated rings. The normalized spacial score (nSPS) is 28.1. The van der Waals surface area contributed by atoms with E-state index in [1.54, 1.807) is 23.0 Å². The maximum Gasteiger partial charge on any atom is 0.410 e. The van der Waals surface area contributed by atoms with Crippen molar-refractivity contribution >= 4 is 12.0 Å². The minimum atomic E-state index is -0.821. The summed E-state index contributed by atoms with van der Waals surface area (Å²) in [5.74, 6) is -1.59. The standard InChI is InChI=1S/C32H51FN2O7/c1-21(2)25-18-34(22(3)36)19-26(38-9)29-27(40-32(7,8)41-29)20-39-16-11-10-15-35(30(37)42-31(4,5)6)28(25)23-13-12-14-24(33)17-23/h12-14,17,21,25-29H,10-11,15-16,18-20H2,1-9H3/t25-,26-,27-,28-,29+/m1/s1. The zero-order valence-electron chi connectivity index (χ0n) is 26.9. The maximum atomic E-state index is 14.7. The van der Waals surface area contributed by atoms with Crippen LogP contribution in [0.3, 0.4) is 0 Å². The molecule has 2 amide bonds. The summed E-state index contributed by atoms with van der Waals surface area (Å²) >= 11 is 0. The highest BCUT2D eigenvalue weighted by Gasteiger charge is 2.47. The van der Waals surface area contributed by atoms with Crippen molar-refractivity contribution in [2.75, 3.05) is 40.0 Å². The van der Waals surface area contributed by atoms with Crippen LogP contribution in [0.1, 0.15) is 79.8 Å². The van der Waals surface area contributed by atoms with E-state index in [0.29, 0.717) is 44.7 Å². The quantitative estimate of drug-likeness (QED) is 0.452. The lowest BCUT2D eigenvalue weighted by Gasteiger charge is -2.42. The smallest absolute Gasteiger partial charge is 0.410 e. The summed E-state index contributed by atoms with van der Waals surface area (Å²) in [6, 6.07) is 5.80. The first kappa shape index (κ1) is 34.2. The van der Waals surface area contributed by atoms with Gasteiger partial charge in [0, 0.05) is 46.2 Å².